The lowest BCUT2D eigenvalue weighted by molar-refractivity contribution is -0.115. The maximum absolute atomic E-state index is 12.4. The molecule has 1 N–H and O–H groups in total. The number of nitrogens with zero attached hydrogens (tertiary/aromatic N) is 1. The monoisotopic (exact) mass is 428 g/mol. The summed E-state index contributed by atoms with van der Waals surface area (Å²) in [7, 11) is 3.28. The standard InChI is InChI=1S/C22H24N2O3S2/c1-14-6-5-7-15(2)21(14)24-20(25)10-17-13-29-22(23-17)28-12-16-8-18(26-3)11-19(9-16)27-4/h5-9,11,13H,10,12H2,1-4H3,(H,24,25). The molecule has 0 bridgehead atoms. The van der Waals surface area contributed by atoms with Gasteiger partial charge in [-0.2, -0.15) is 0 Å². The van der Waals surface area contributed by atoms with Crippen LogP contribution in [-0.4, -0.2) is 25.1 Å². The van der Waals surface area contributed by atoms with E-state index in [9.17, 15) is 4.79 Å². The Morgan fingerprint density at radius 3 is 2.38 bits per heavy atom. The Kier molecular flexibility index (Phi) is 7.17. The maximum Gasteiger partial charge on any atom is 0.230 e. The van der Waals surface area contributed by atoms with Crippen molar-refractivity contribution in [2.24, 2.45) is 0 Å². The number of thiazole rings is 1. The Bertz CT molecular complexity index is 959. The van der Waals surface area contributed by atoms with Gasteiger partial charge in [-0.05, 0) is 42.7 Å². The molecule has 152 valence electrons. The van der Waals surface area contributed by atoms with Gasteiger partial charge in [0.05, 0.1) is 26.3 Å². The van der Waals surface area contributed by atoms with Crippen molar-refractivity contribution in [1.82, 2.24) is 4.98 Å². The summed E-state index contributed by atoms with van der Waals surface area (Å²) in [6.07, 6.45) is 0.262. The fraction of sp³-hybridized carbons (Fsp3) is 0.273. The van der Waals surface area contributed by atoms with Gasteiger partial charge in [-0.15, -0.1) is 11.3 Å². The Morgan fingerprint density at radius 2 is 1.76 bits per heavy atom. The first-order chi connectivity index (χ1) is 14.0. The first kappa shape index (κ1) is 21.2. The molecule has 3 aromatic rings. The van der Waals surface area contributed by atoms with Crippen molar-refractivity contribution in [2.75, 3.05) is 19.5 Å². The summed E-state index contributed by atoms with van der Waals surface area (Å²) in [5.41, 5.74) is 4.87. The number of aryl methyl sites for hydroxylation is 2. The zero-order chi connectivity index (χ0) is 20.8. The van der Waals surface area contributed by atoms with Gasteiger partial charge in [0.25, 0.3) is 0 Å². The van der Waals surface area contributed by atoms with Crippen LogP contribution in [0, 0.1) is 13.8 Å². The molecule has 0 unspecified atom stereocenters. The number of carbonyl (C=O) groups excluding carboxylic acids is 1. The van der Waals surface area contributed by atoms with Gasteiger partial charge in [0.2, 0.25) is 5.91 Å². The smallest absolute Gasteiger partial charge is 0.230 e. The van der Waals surface area contributed by atoms with Crippen molar-refractivity contribution in [3.63, 3.8) is 0 Å². The summed E-state index contributed by atoms with van der Waals surface area (Å²) in [4.78, 5) is 17.0. The molecule has 0 fully saturated rings. The lowest BCUT2D eigenvalue weighted by Crippen LogP contribution is -2.16. The minimum atomic E-state index is -0.0539. The van der Waals surface area contributed by atoms with Crippen molar-refractivity contribution in [3.8, 4) is 11.5 Å². The number of amides is 1. The van der Waals surface area contributed by atoms with Crippen molar-refractivity contribution in [2.45, 2.75) is 30.4 Å². The highest BCUT2D eigenvalue weighted by Gasteiger charge is 2.11. The fourth-order valence-electron chi connectivity index (χ4n) is 2.89. The van der Waals surface area contributed by atoms with E-state index in [2.05, 4.69) is 10.3 Å². The second-order valence-electron chi connectivity index (χ2n) is 6.61. The third-order valence-electron chi connectivity index (χ3n) is 4.39. The molecular weight excluding hydrogens is 404 g/mol. The van der Waals surface area contributed by atoms with Crippen molar-refractivity contribution in [1.29, 1.82) is 0 Å². The Balaban J connectivity index is 1.59. The number of methoxy groups -OCH3 is 2. The summed E-state index contributed by atoms with van der Waals surface area (Å²) in [5, 5.41) is 4.95. The van der Waals surface area contributed by atoms with E-state index in [1.54, 1.807) is 37.3 Å². The second kappa shape index (κ2) is 9.80. The van der Waals surface area contributed by atoms with Gasteiger partial charge in [-0.3, -0.25) is 4.79 Å². The molecule has 2 aromatic carbocycles. The van der Waals surface area contributed by atoms with Crippen LogP contribution in [-0.2, 0) is 17.0 Å². The normalized spacial score (nSPS) is 10.6. The molecule has 0 aliphatic rings. The largest absolute Gasteiger partial charge is 0.497 e. The Hall–Kier alpha value is -2.51. The number of para-hydroxylation sites is 1. The molecule has 0 radical (unpaired) electrons. The van der Waals surface area contributed by atoms with Crippen molar-refractivity contribution >= 4 is 34.7 Å². The number of benzene rings is 2. The number of anilines is 1. The molecule has 5 nitrogen and oxygen atoms in total. The molecular formula is C22H24N2O3S2. The van der Waals surface area contributed by atoms with Gasteiger partial charge in [-0.25, -0.2) is 4.98 Å². The number of carbonyl (C=O) groups is 1. The number of thioether (sulfide) groups is 1. The van der Waals surface area contributed by atoms with Crippen LogP contribution in [0.5, 0.6) is 11.5 Å². The fourth-order valence-corrected chi connectivity index (χ4v) is 4.67. The molecule has 1 amide bonds. The molecule has 0 saturated carbocycles. The van der Waals surface area contributed by atoms with Crippen LogP contribution in [0.25, 0.3) is 0 Å². The predicted octanol–water partition coefficient (Wildman–Crippen LogP) is 5.25. The molecule has 0 atom stereocenters. The first-order valence-corrected chi connectivity index (χ1v) is 11.0. The van der Waals surface area contributed by atoms with Gasteiger partial charge in [0.1, 0.15) is 15.8 Å². The van der Waals surface area contributed by atoms with E-state index in [0.717, 1.165) is 49.7 Å². The minimum Gasteiger partial charge on any atom is -0.497 e. The third-order valence-corrected chi connectivity index (χ3v) is 6.53. The highest BCUT2D eigenvalue weighted by molar-refractivity contribution is 8.00. The second-order valence-corrected chi connectivity index (χ2v) is 8.69. The summed E-state index contributed by atoms with van der Waals surface area (Å²) in [6, 6.07) is 11.8. The lowest BCUT2D eigenvalue weighted by Gasteiger charge is -2.10. The average Bonchev–Trinajstić information content (AvgIpc) is 3.16. The molecule has 1 heterocycles. The highest BCUT2D eigenvalue weighted by atomic mass is 32.2. The summed E-state index contributed by atoms with van der Waals surface area (Å²) < 4.78 is 11.6. The number of nitrogens with one attached hydrogen (secondary N) is 1. The molecule has 0 aliphatic heterocycles. The Labute approximate surface area is 179 Å². The van der Waals surface area contributed by atoms with Crippen molar-refractivity contribution < 1.29 is 14.3 Å². The summed E-state index contributed by atoms with van der Waals surface area (Å²) >= 11 is 3.19. The van der Waals surface area contributed by atoms with E-state index in [0.29, 0.717) is 0 Å². The summed E-state index contributed by atoms with van der Waals surface area (Å²) in [6.45, 7) is 3.99. The predicted molar refractivity (Wildman–Crippen MR) is 119 cm³/mol. The SMILES string of the molecule is COc1cc(CSc2nc(CC(=O)Nc3c(C)cccc3C)cs2)cc(OC)c1. The van der Waals surface area contributed by atoms with Crippen LogP contribution in [0.15, 0.2) is 46.1 Å². The van der Waals surface area contributed by atoms with Crippen LogP contribution < -0.4 is 14.8 Å². The zero-order valence-electron chi connectivity index (χ0n) is 16.9. The quantitative estimate of drug-likeness (QED) is 0.497. The zero-order valence-corrected chi connectivity index (χ0v) is 18.6. The number of hydrogen-bond donors (Lipinski definition) is 1. The highest BCUT2D eigenvalue weighted by Crippen LogP contribution is 2.30. The number of aromatic nitrogens is 1. The Morgan fingerprint density at radius 1 is 1.10 bits per heavy atom. The number of rotatable bonds is 8. The third kappa shape index (κ3) is 5.74. The molecule has 7 heteroatoms. The van der Waals surface area contributed by atoms with Crippen LogP contribution in [0.1, 0.15) is 22.4 Å². The lowest BCUT2D eigenvalue weighted by atomic mass is 10.1. The van der Waals surface area contributed by atoms with E-state index < -0.39 is 0 Å². The van der Waals surface area contributed by atoms with Gasteiger partial charge < -0.3 is 14.8 Å². The van der Waals surface area contributed by atoms with E-state index in [1.165, 1.54) is 0 Å². The number of ether oxygens (including phenoxy) is 2. The van der Waals surface area contributed by atoms with Gasteiger partial charge in [0.15, 0.2) is 0 Å². The van der Waals surface area contributed by atoms with E-state index >= 15 is 0 Å². The maximum atomic E-state index is 12.4. The van der Waals surface area contributed by atoms with Crippen LogP contribution >= 0.6 is 23.1 Å². The molecule has 3 rings (SSSR count). The van der Waals surface area contributed by atoms with E-state index in [-0.39, 0.29) is 12.3 Å². The molecule has 29 heavy (non-hydrogen) atoms. The molecule has 0 aliphatic carbocycles. The summed E-state index contributed by atoms with van der Waals surface area (Å²) in [5.74, 6) is 2.22. The molecule has 0 saturated heterocycles. The minimum absolute atomic E-state index is 0.0539. The van der Waals surface area contributed by atoms with E-state index in [1.807, 2.05) is 55.6 Å². The van der Waals surface area contributed by atoms with Crippen molar-refractivity contribution in [3.05, 3.63) is 64.2 Å². The van der Waals surface area contributed by atoms with E-state index in [4.69, 9.17) is 9.47 Å². The molecule has 0 spiro atoms. The topological polar surface area (TPSA) is 60.5 Å². The molecule has 1 aromatic heterocycles. The van der Waals surface area contributed by atoms with Gasteiger partial charge in [0, 0.05) is 22.9 Å². The number of hydrogen-bond acceptors (Lipinski definition) is 6. The van der Waals surface area contributed by atoms with Crippen LogP contribution in [0.3, 0.4) is 0 Å². The van der Waals surface area contributed by atoms with Gasteiger partial charge in [-0.1, -0.05) is 30.0 Å². The van der Waals surface area contributed by atoms with Gasteiger partial charge >= 0.3 is 0 Å². The van der Waals surface area contributed by atoms with Crippen LogP contribution in [0.2, 0.25) is 0 Å². The van der Waals surface area contributed by atoms with Crippen LogP contribution in [0.4, 0.5) is 5.69 Å². The average molecular weight is 429 g/mol. The first-order valence-electron chi connectivity index (χ1n) is 9.13.